The number of benzene rings is 1. The minimum atomic E-state index is 0.379. The second-order valence-electron chi connectivity index (χ2n) is 8.71. The molecule has 1 rings (SSSR count). The highest BCUT2D eigenvalue weighted by Gasteiger charge is 2.19. The summed E-state index contributed by atoms with van der Waals surface area (Å²) < 4.78 is 0. The van der Waals surface area contributed by atoms with E-state index in [1.54, 1.807) is 0 Å². The van der Waals surface area contributed by atoms with Crippen molar-refractivity contribution in [2.45, 2.75) is 74.1 Å². The third-order valence-corrected chi connectivity index (χ3v) is 4.34. The molecule has 0 aromatic heterocycles. The third-order valence-electron chi connectivity index (χ3n) is 4.34. The van der Waals surface area contributed by atoms with Gasteiger partial charge < -0.3 is 0 Å². The topological polar surface area (TPSA) is 0 Å². The van der Waals surface area contributed by atoms with Crippen LogP contribution in [-0.4, -0.2) is 0 Å². The molecule has 0 heterocycles. The van der Waals surface area contributed by atoms with Crippen molar-refractivity contribution in [3.05, 3.63) is 35.4 Å². The molecule has 1 atom stereocenters. The van der Waals surface area contributed by atoms with Crippen molar-refractivity contribution in [1.29, 1.82) is 0 Å². The number of rotatable bonds is 5. The smallest absolute Gasteiger partial charge is 0.0230 e. The van der Waals surface area contributed by atoms with Gasteiger partial charge in [0.05, 0.1) is 0 Å². The van der Waals surface area contributed by atoms with Crippen LogP contribution < -0.4 is 0 Å². The minimum Gasteiger partial charge on any atom is -0.0620 e. The van der Waals surface area contributed by atoms with E-state index >= 15 is 0 Å². The van der Waals surface area contributed by atoms with E-state index in [1.165, 1.54) is 30.4 Å². The molecule has 0 saturated heterocycles. The van der Waals surface area contributed by atoms with E-state index in [9.17, 15) is 0 Å². The Kier molecular flexibility index (Phi) is 5.86. The van der Waals surface area contributed by atoms with E-state index in [4.69, 9.17) is 0 Å². The van der Waals surface area contributed by atoms with Crippen LogP contribution >= 0.6 is 0 Å². The average molecular weight is 274 g/mol. The standard InChI is InChI=1S/C20H34/c1-16(20(5,6)7)9-8-10-17-11-13-18(14-12-17)15-19(2,3)4/h11-14,16H,8-10,15H2,1-7H3. The Morgan fingerprint density at radius 2 is 1.35 bits per heavy atom. The van der Waals surface area contributed by atoms with Crippen molar-refractivity contribution < 1.29 is 0 Å². The highest BCUT2D eigenvalue weighted by molar-refractivity contribution is 5.23. The van der Waals surface area contributed by atoms with Gasteiger partial charge in [-0.25, -0.2) is 0 Å². The number of hydrogen-bond acceptors (Lipinski definition) is 0. The summed E-state index contributed by atoms with van der Waals surface area (Å²) in [5.74, 6) is 0.794. The average Bonchev–Trinajstić information content (AvgIpc) is 2.28. The fourth-order valence-electron chi connectivity index (χ4n) is 2.48. The maximum absolute atomic E-state index is 2.38. The molecule has 0 bridgehead atoms. The zero-order chi connectivity index (χ0) is 15.4. The van der Waals surface area contributed by atoms with Crippen molar-refractivity contribution in [2.75, 3.05) is 0 Å². The van der Waals surface area contributed by atoms with Crippen LogP contribution in [0.3, 0.4) is 0 Å². The SMILES string of the molecule is CC(CCCc1ccc(CC(C)(C)C)cc1)C(C)(C)C. The lowest BCUT2D eigenvalue weighted by molar-refractivity contribution is 0.243. The van der Waals surface area contributed by atoms with Crippen LogP contribution in [0, 0.1) is 16.7 Å². The van der Waals surface area contributed by atoms with Gasteiger partial charge in [0.2, 0.25) is 0 Å². The van der Waals surface area contributed by atoms with Crippen molar-refractivity contribution in [2.24, 2.45) is 16.7 Å². The molecule has 0 aliphatic carbocycles. The predicted octanol–water partition coefficient (Wildman–Crippen LogP) is 6.28. The van der Waals surface area contributed by atoms with Crippen LogP contribution in [-0.2, 0) is 12.8 Å². The molecule has 0 heteroatoms. The highest BCUT2D eigenvalue weighted by Crippen LogP contribution is 2.29. The summed E-state index contributed by atoms with van der Waals surface area (Å²) in [5, 5.41) is 0. The molecule has 1 aromatic carbocycles. The Hall–Kier alpha value is -0.780. The van der Waals surface area contributed by atoms with Gasteiger partial charge in [0.15, 0.2) is 0 Å². The molecule has 0 amide bonds. The molecular weight excluding hydrogens is 240 g/mol. The third kappa shape index (κ3) is 6.59. The van der Waals surface area contributed by atoms with Crippen LogP contribution in [0.5, 0.6) is 0 Å². The molecule has 0 aliphatic rings. The summed E-state index contributed by atoms with van der Waals surface area (Å²) in [7, 11) is 0. The maximum atomic E-state index is 2.38. The van der Waals surface area contributed by atoms with Crippen molar-refractivity contribution in [3.63, 3.8) is 0 Å². The summed E-state index contributed by atoms with van der Waals surface area (Å²) in [4.78, 5) is 0. The van der Waals surface area contributed by atoms with Gasteiger partial charge in [0.1, 0.15) is 0 Å². The second kappa shape index (κ2) is 6.78. The van der Waals surface area contributed by atoms with Gasteiger partial charge in [-0.15, -0.1) is 0 Å². The molecular formula is C20H34. The molecule has 0 spiro atoms. The van der Waals surface area contributed by atoms with Crippen molar-refractivity contribution >= 4 is 0 Å². The first-order chi connectivity index (χ1) is 9.08. The van der Waals surface area contributed by atoms with Gasteiger partial charge in [-0.2, -0.15) is 0 Å². The maximum Gasteiger partial charge on any atom is -0.0230 e. The Bertz CT molecular complexity index is 384. The molecule has 20 heavy (non-hydrogen) atoms. The van der Waals surface area contributed by atoms with Gasteiger partial charge in [-0.05, 0) is 53.6 Å². The van der Waals surface area contributed by atoms with Gasteiger partial charge in [-0.3, -0.25) is 0 Å². The molecule has 1 unspecified atom stereocenters. The quantitative estimate of drug-likeness (QED) is 0.592. The van der Waals surface area contributed by atoms with Crippen LogP contribution in [0.25, 0.3) is 0 Å². The zero-order valence-corrected chi connectivity index (χ0v) is 14.7. The lowest BCUT2D eigenvalue weighted by atomic mass is 9.79. The molecule has 0 saturated carbocycles. The van der Waals surface area contributed by atoms with E-state index in [0.29, 0.717) is 10.8 Å². The monoisotopic (exact) mass is 274 g/mol. The molecule has 1 aromatic rings. The second-order valence-corrected chi connectivity index (χ2v) is 8.71. The Labute approximate surface area is 127 Å². The first-order valence-corrected chi connectivity index (χ1v) is 8.16. The molecule has 0 aliphatic heterocycles. The summed E-state index contributed by atoms with van der Waals surface area (Å²) >= 11 is 0. The van der Waals surface area contributed by atoms with Gasteiger partial charge in [-0.1, -0.05) is 72.7 Å². The first kappa shape index (κ1) is 17.3. The van der Waals surface area contributed by atoms with E-state index in [0.717, 1.165) is 12.3 Å². The Morgan fingerprint density at radius 1 is 0.850 bits per heavy atom. The molecule has 0 nitrogen and oxygen atoms in total. The van der Waals surface area contributed by atoms with E-state index in [1.807, 2.05) is 0 Å². The number of hydrogen-bond donors (Lipinski definition) is 0. The van der Waals surface area contributed by atoms with E-state index < -0.39 is 0 Å². The highest BCUT2D eigenvalue weighted by atomic mass is 14.2. The number of aryl methyl sites for hydroxylation is 1. The molecule has 0 radical (unpaired) electrons. The fourth-order valence-corrected chi connectivity index (χ4v) is 2.48. The van der Waals surface area contributed by atoms with Crippen LogP contribution in [0.15, 0.2) is 24.3 Å². The fraction of sp³-hybridized carbons (Fsp3) is 0.700. The first-order valence-electron chi connectivity index (χ1n) is 8.16. The van der Waals surface area contributed by atoms with Crippen LogP contribution in [0.4, 0.5) is 0 Å². The zero-order valence-electron chi connectivity index (χ0n) is 14.7. The molecule has 0 N–H and O–H groups in total. The Morgan fingerprint density at radius 3 is 1.80 bits per heavy atom. The summed E-state index contributed by atoms with van der Waals surface area (Å²) in [5.41, 5.74) is 3.77. The lowest BCUT2D eigenvalue weighted by Gasteiger charge is -2.27. The van der Waals surface area contributed by atoms with E-state index in [-0.39, 0.29) is 0 Å². The molecule has 114 valence electrons. The van der Waals surface area contributed by atoms with Gasteiger partial charge in [0, 0.05) is 0 Å². The van der Waals surface area contributed by atoms with Crippen LogP contribution in [0.1, 0.15) is 72.4 Å². The summed E-state index contributed by atoms with van der Waals surface area (Å²) in [6.45, 7) is 16.3. The normalized spacial score (nSPS) is 14.3. The summed E-state index contributed by atoms with van der Waals surface area (Å²) in [6, 6.07) is 9.27. The predicted molar refractivity (Wildman–Crippen MR) is 91.2 cm³/mol. The van der Waals surface area contributed by atoms with Crippen LogP contribution in [0.2, 0.25) is 0 Å². The van der Waals surface area contributed by atoms with Crippen molar-refractivity contribution in [3.8, 4) is 0 Å². The van der Waals surface area contributed by atoms with Crippen molar-refractivity contribution in [1.82, 2.24) is 0 Å². The largest absolute Gasteiger partial charge is 0.0620 e. The van der Waals surface area contributed by atoms with E-state index in [2.05, 4.69) is 72.7 Å². The molecule has 0 fully saturated rings. The lowest BCUT2D eigenvalue weighted by Crippen LogP contribution is -2.17. The minimum absolute atomic E-state index is 0.379. The van der Waals surface area contributed by atoms with Gasteiger partial charge in [0.25, 0.3) is 0 Å². The van der Waals surface area contributed by atoms with Gasteiger partial charge >= 0.3 is 0 Å². The Balaban J connectivity index is 2.43. The summed E-state index contributed by atoms with van der Waals surface area (Å²) in [6.07, 6.45) is 5.01.